The highest BCUT2D eigenvalue weighted by atomic mass is 16.5. The number of aryl methyl sites for hydroxylation is 1. The Morgan fingerprint density at radius 2 is 2.25 bits per heavy atom. The topological polar surface area (TPSA) is 79.1 Å². The smallest absolute Gasteiger partial charge is 0.243 e. The number of furan rings is 1. The van der Waals surface area contributed by atoms with Crippen LogP contribution in [0.4, 0.5) is 0 Å². The van der Waals surface area contributed by atoms with Gasteiger partial charge in [-0.1, -0.05) is 0 Å². The van der Waals surface area contributed by atoms with Crippen molar-refractivity contribution < 1.29 is 13.9 Å². The van der Waals surface area contributed by atoms with Crippen molar-refractivity contribution >= 4 is 11.9 Å². The molecule has 0 saturated carbocycles. The number of ether oxygens (including phenoxy) is 1. The minimum Gasteiger partial charge on any atom is -0.464 e. The van der Waals surface area contributed by atoms with E-state index in [0.29, 0.717) is 12.5 Å². The lowest BCUT2D eigenvalue weighted by molar-refractivity contribution is -0.127. The van der Waals surface area contributed by atoms with E-state index in [9.17, 15) is 4.79 Å². The largest absolute Gasteiger partial charge is 0.464 e. The molecule has 2 unspecified atom stereocenters. The zero-order valence-corrected chi connectivity index (χ0v) is 15.0. The molecule has 1 aromatic rings. The molecule has 2 atom stereocenters. The molecule has 1 saturated heterocycles. The average Bonchev–Trinajstić information content (AvgIpc) is 3.20. The van der Waals surface area contributed by atoms with Gasteiger partial charge in [-0.2, -0.15) is 0 Å². The number of carbonyl (C=O) groups excluding carboxylic acids is 1. The molecule has 7 nitrogen and oxygen atoms in total. The Labute approximate surface area is 143 Å². The summed E-state index contributed by atoms with van der Waals surface area (Å²) < 4.78 is 11.3. The number of aliphatic imine (C=N–C) groups is 1. The molecular weight excluding hydrogens is 308 g/mol. The third-order valence-electron chi connectivity index (χ3n) is 3.93. The number of rotatable bonds is 6. The molecule has 0 radical (unpaired) electrons. The van der Waals surface area contributed by atoms with Gasteiger partial charge in [-0.15, -0.1) is 0 Å². The molecule has 0 spiro atoms. The molecule has 1 aromatic heterocycles. The number of nitrogens with zero attached hydrogens (tertiary/aromatic N) is 2. The number of likely N-dealkylation sites (N-methyl/N-ethyl adjacent to an activating group) is 1. The number of hydrogen-bond donors (Lipinski definition) is 2. The first-order valence-corrected chi connectivity index (χ1v) is 8.38. The zero-order valence-electron chi connectivity index (χ0n) is 15.0. The third kappa shape index (κ3) is 5.56. The summed E-state index contributed by atoms with van der Waals surface area (Å²) >= 11 is 0. The Kier molecular flexibility index (Phi) is 6.66. The van der Waals surface area contributed by atoms with Crippen molar-refractivity contribution in [1.29, 1.82) is 0 Å². The monoisotopic (exact) mass is 336 g/mol. The fraction of sp³-hybridized carbons (Fsp3) is 0.647. The maximum Gasteiger partial charge on any atom is 0.243 e. The summed E-state index contributed by atoms with van der Waals surface area (Å²) in [6.07, 6.45) is 2.33. The number of amides is 1. The predicted molar refractivity (Wildman–Crippen MR) is 93.0 cm³/mol. The van der Waals surface area contributed by atoms with Gasteiger partial charge in [0, 0.05) is 27.2 Å². The summed E-state index contributed by atoms with van der Waals surface area (Å²) in [5.41, 5.74) is 0. The molecule has 2 N–H and O–H groups in total. The zero-order chi connectivity index (χ0) is 17.5. The summed E-state index contributed by atoms with van der Waals surface area (Å²) in [5.74, 6) is 2.24. The summed E-state index contributed by atoms with van der Waals surface area (Å²) in [5, 5.41) is 6.55. The molecule has 0 aromatic carbocycles. The molecule has 1 amide bonds. The molecule has 0 aliphatic carbocycles. The molecular formula is C17H28N4O3. The Balaban J connectivity index is 1.97. The van der Waals surface area contributed by atoms with Crippen LogP contribution in [0.2, 0.25) is 0 Å². The molecule has 134 valence electrons. The number of carbonyl (C=O) groups is 1. The summed E-state index contributed by atoms with van der Waals surface area (Å²) in [6, 6.07) is 3.82. The lowest BCUT2D eigenvalue weighted by Crippen LogP contribution is -2.42. The van der Waals surface area contributed by atoms with Crippen LogP contribution in [0.25, 0.3) is 0 Å². The second kappa shape index (κ2) is 8.73. The van der Waals surface area contributed by atoms with Crippen LogP contribution >= 0.6 is 0 Å². The second-order valence-corrected chi connectivity index (χ2v) is 6.28. The minimum atomic E-state index is -0.0519. The average molecular weight is 336 g/mol. The van der Waals surface area contributed by atoms with Crippen molar-refractivity contribution in [2.45, 2.75) is 38.8 Å². The van der Waals surface area contributed by atoms with Crippen LogP contribution in [0.1, 0.15) is 37.3 Å². The fourth-order valence-electron chi connectivity index (χ4n) is 2.42. The molecule has 2 rings (SSSR count). The van der Waals surface area contributed by atoms with Gasteiger partial charge in [0.25, 0.3) is 0 Å². The first-order chi connectivity index (χ1) is 11.5. The highest BCUT2D eigenvalue weighted by Gasteiger charge is 2.17. The Morgan fingerprint density at radius 1 is 1.46 bits per heavy atom. The molecule has 1 fully saturated rings. The van der Waals surface area contributed by atoms with Crippen LogP contribution in [0.5, 0.6) is 0 Å². The van der Waals surface area contributed by atoms with Gasteiger partial charge in [-0.3, -0.25) is 4.79 Å². The number of hydrogen-bond acceptors (Lipinski definition) is 4. The van der Waals surface area contributed by atoms with E-state index in [-0.39, 0.29) is 24.6 Å². The van der Waals surface area contributed by atoms with Crippen molar-refractivity contribution in [3.63, 3.8) is 0 Å². The van der Waals surface area contributed by atoms with Gasteiger partial charge < -0.3 is 24.7 Å². The summed E-state index contributed by atoms with van der Waals surface area (Å²) in [7, 11) is 3.44. The van der Waals surface area contributed by atoms with E-state index >= 15 is 0 Å². The molecule has 1 aliphatic rings. The van der Waals surface area contributed by atoms with Crippen molar-refractivity contribution in [2.75, 3.05) is 33.8 Å². The highest BCUT2D eigenvalue weighted by Crippen LogP contribution is 2.15. The summed E-state index contributed by atoms with van der Waals surface area (Å²) in [4.78, 5) is 17.7. The normalized spacial score (nSPS) is 19.2. The third-order valence-corrected chi connectivity index (χ3v) is 3.93. The van der Waals surface area contributed by atoms with Crippen molar-refractivity contribution in [3.05, 3.63) is 23.7 Å². The lowest BCUT2D eigenvalue weighted by Gasteiger charge is -2.19. The van der Waals surface area contributed by atoms with Gasteiger partial charge in [-0.05, 0) is 38.8 Å². The highest BCUT2D eigenvalue weighted by molar-refractivity contribution is 5.85. The van der Waals surface area contributed by atoms with E-state index < -0.39 is 0 Å². The predicted octanol–water partition coefficient (Wildman–Crippen LogP) is 1.45. The molecule has 7 heteroatoms. The molecule has 1 aliphatic heterocycles. The van der Waals surface area contributed by atoms with Gasteiger partial charge in [0.05, 0.1) is 12.1 Å². The standard InChI is InChI=1S/C17H28N4O3/c1-12-7-8-15(24-12)13(2)20-17(19-11-16(22)21(3)4)18-10-14-6-5-9-23-14/h7-8,13-14H,5-6,9-11H2,1-4H3,(H2,18,19,20). The van der Waals surface area contributed by atoms with Crippen molar-refractivity contribution in [1.82, 2.24) is 15.5 Å². The van der Waals surface area contributed by atoms with Crippen molar-refractivity contribution in [3.8, 4) is 0 Å². The maximum atomic E-state index is 11.8. The first kappa shape index (κ1) is 18.3. The van der Waals surface area contributed by atoms with Gasteiger partial charge >= 0.3 is 0 Å². The lowest BCUT2D eigenvalue weighted by atomic mass is 10.2. The van der Waals surface area contributed by atoms with Crippen LogP contribution < -0.4 is 10.6 Å². The van der Waals surface area contributed by atoms with E-state index in [1.165, 1.54) is 4.90 Å². The SMILES string of the molecule is Cc1ccc(C(C)NC(=NCC(=O)N(C)C)NCC2CCCO2)o1. The first-order valence-electron chi connectivity index (χ1n) is 8.38. The maximum absolute atomic E-state index is 11.8. The van der Waals surface area contributed by atoms with E-state index in [0.717, 1.165) is 31.0 Å². The van der Waals surface area contributed by atoms with E-state index in [1.807, 2.05) is 26.0 Å². The van der Waals surface area contributed by atoms with Crippen molar-refractivity contribution in [2.24, 2.45) is 4.99 Å². The number of nitrogens with one attached hydrogen (secondary N) is 2. The summed E-state index contributed by atoms with van der Waals surface area (Å²) in [6.45, 7) is 5.49. The van der Waals surface area contributed by atoms with Crippen LogP contribution in [-0.2, 0) is 9.53 Å². The van der Waals surface area contributed by atoms with Gasteiger partial charge in [-0.25, -0.2) is 4.99 Å². The van der Waals surface area contributed by atoms with Crippen LogP contribution in [-0.4, -0.2) is 56.7 Å². The van der Waals surface area contributed by atoms with Crippen LogP contribution in [0.15, 0.2) is 21.5 Å². The molecule has 0 bridgehead atoms. The van der Waals surface area contributed by atoms with E-state index in [4.69, 9.17) is 9.15 Å². The van der Waals surface area contributed by atoms with E-state index in [1.54, 1.807) is 14.1 Å². The van der Waals surface area contributed by atoms with Gasteiger partial charge in [0.1, 0.15) is 18.1 Å². The minimum absolute atomic E-state index is 0.0466. The Morgan fingerprint density at radius 3 is 2.83 bits per heavy atom. The Bertz CT molecular complexity index is 562. The second-order valence-electron chi connectivity index (χ2n) is 6.28. The molecule has 2 heterocycles. The van der Waals surface area contributed by atoms with Gasteiger partial charge in [0.2, 0.25) is 5.91 Å². The van der Waals surface area contributed by atoms with Crippen LogP contribution in [0, 0.1) is 6.92 Å². The Hall–Kier alpha value is -2.02. The quantitative estimate of drug-likeness (QED) is 0.607. The van der Waals surface area contributed by atoms with E-state index in [2.05, 4.69) is 15.6 Å². The van der Waals surface area contributed by atoms with Crippen LogP contribution in [0.3, 0.4) is 0 Å². The molecule has 24 heavy (non-hydrogen) atoms. The number of guanidine groups is 1. The van der Waals surface area contributed by atoms with Gasteiger partial charge in [0.15, 0.2) is 5.96 Å². The fourth-order valence-corrected chi connectivity index (χ4v) is 2.42.